The van der Waals surface area contributed by atoms with Crippen molar-refractivity contribution < 1.29 is 4.79 Å². The largest absolute Gasteiger partial charge is 0.306 e. The molecule has 1 aromatic carbocycles. The van der Waals surface area contributed by atoms with Gasteiger partial charge in [0.05, 0.1) is 17.6 Å². The van der Waals surface area contributed by atoms with Gasteiger partial charge >= 0.3 is 0 Å². The highest BCUT2D eigenvalue weighted by molar-refractivity contribution is 7.13. The Bertz CT molecular complexity index is 721. The molecular formula is C13H11N5OS. The average molecular weight is 285 g/mol. The summed E-state index contributed by atoms with van der Waals surface area (Å²) >= 11 is 1.28. The van der Waals surface area contributed by atoms with Crippen molar-refractivity contribution in [1.82, 2.24) is 19.7 Å². The second kappa shape index (κ2) is 5.22. The molecule has 1 amide bonds. The third kappa shape index (κ3) is 2.43. The molecule has 0 aliphatic rings. The van der Waals surface area contributed by atoms with E-state index in [1.54, 1.807) is 28.8 Å². The summed E-state index contributed by atoms with van der Waals surface area (Å²) in [5.74, 6) is -0.214. The first-order valence-electron chi connectivity index (χ1n) is 5.90. The van der Waals surface area contributed by atoms with Crippen LogP contribution in [0.25, 0.3) is 5.69 Å². The van der Waals surface area contributed by atoms with E-state index < -0.39 is 0 Å². The van der Waals surface area contributed by atoms with Crippen molar-refractivity contribution in [3.63, 3.8) is 0 Å². The van der Waals surface area contributed by atoms with Gasteiger partial charge in [-0.1, -0.05) is 23.0 Å². The number of nitrogens with zero attached hydrogens (tertiary/aromatic N) is 4. The van der Waals surface area contributed by atoms with Crippen LogP contribution in [0.4, 0.5) is 5.13 Å². The van der Waals surface area contributed by atoms with Crippen molar-refractivity contribution in [3.05, 3.63) is 53.6 Å². The van der Waals surface area contributed by atoms with E-state index >= 15 is 0 Å². The fraction of sp³-hybridized carbons (Fsp3) is 0.0769. The number of imidazole rings is 1. The number of rotatable bonds is 3. The Hall–Kier alpha value is -2.54. The number of benzene rings is 1. The van der Waals surface area contributed by atoms with Gasteiger partial charge in [-0.05, 0) is 19.1 Å². The zero-order valence-corrected chi connectivity index (χ0v) is 11.5. The molecule has 0 atom stereocenters. The maximum Gasteiger partial charge on any atom is 0.259 e. The van der Waals surface area contributed by atoms with Crippen molar-refractivity contribution in [3.8, 4) is 5.69 Å². The summed E-state index contributed by atoms with van der Waals surface area (Å²) in [4.78, 5) is 16.4. The van der Waals surface area contributed by atoms with Gasteiger partial charge < -0.3 is 4.57 Å². The number of aryl methyl sites for hydroxylation is 1. The minimum atomic E-state index is -0.214. The molecule has 0 radical (unpaired) electrons. The Kier molecular flexibility index (Phi) is 3.26. The van der Waals surface area contributed by atoms with Crippen LogP contribution < -0.4 is 5.32 Å². The number of hydrogen-bond donors (Lipinski definition) is 1. The van der Waals surface area contributed by atoms with Crippen molar-refractivity contribution >= 4 is 22.4 Å². The summed E-state index contributed by atoms with van der Waals surface area (Å²) in [5.41, 5.74) is 3.92. The average Bonchev–Trinajstić information content (AvgIpc) is 3.11. The Balaban J connectivity index is 1.99. The SMILES string of the molecule is Cc1ccc(-n2ccnc2)c(C(=O)Nc2nncs2)c1. The summed E-state index contributed by atoms with van der Waals surface area (Å²) in [7, 11) is 0. The highest BCUT2D eigenvalue weighted by atomic mass is 32.1. The molecule has 0 saturated heterocycles. The maximum absolute atomic E-state index is 12.4. The smallest absolute Gasteiger partial charge is 0.259 e. The molecule has 0 fully saturated rings. The predicted molar refractivity (Wildman–Crippen MR) is 76.2 cm³/mol. The van der Waals surface area contributed by atoms with Crippen LogP contribution >= 0.6 is 11.3 Å². The molecule has 3 aromatic rings. The molecule has 2 heterocycles. The molecule has 0 saturated carbocycles. The van der Waals surface area contributed by atoms with Gasteiger partial charge in [0, 0.05) is 12.4 Å². The van der Waals surface area contributed by atoms with E-state index in [1.807, 2.05) is 25.1 Å². The minimum Gasteiger partial charge on any atom is -0.306 e. The third-order valence-electron chi connectivity index (χ3n) is 2.76. The summed E-state index contributed by atoms with van der Waals surface area (Å²) in [6, 6.07) is 5.69. The Morgan fingerprint density at radius 3 is 3.00 bits per heavy atom. The third-order valence-corrected chi connectivity index (χ3v) is 3.37. The number of hydrogen-bond acceptors (Lipinski definition) is 5. The fourth-order valence-corrected chi connectivity index (χ4v) is 2.29. The topological polar surface area (TPSA) is 72.7 Å². The number of carbonyl (C=O) groups is 1. The zero-order chi connectivity index (χ0) is 13.9. The Morgan fingerprint density at radius 1 is 1.40 bits per heavy atom. The standard InChI is InChI=1S/C13H11N5OS/c1-9-2-3-11(18-5-4-14-7-18)10(6-9)12(19)16-13-17-15-8-20-13/h2-8H,1H3,(H,16,17,19). The van der Waals surface area contributed by atoms with Crippen LogP contribution in [0, 0.1) is 6.92 Å². The molecule has 3 rings (SSSR count). The van der Waals surface area contributed by atoms with Crippen LogP contribution in [0.3, 0.4) is 0 Å². The lowest BCUT2D eigenvalue weighted by Gasteiger charge is -2.10. The van der Waals surface area contributed by atoms with Gasteiger partial charge in [-0.2, -0.15) is 0 Å². The molecule has 0 aliphatic carbocycles. The van der Waals surface area contributed by atoms with Gasteiger partial charge in [0.2, 0.25) is 5.13 Å². The zero-order valence-electron chi connectivity index (χ0n) is 10.6. The van der Waals surface area contributed by atoms with Crippen LogP contribution in [0.15, 0.2) is 42.4 Å². The second-order valence-corrected chi connectivity index (χ2v) is 5.02. The summed E-state index contributed by atoms with van der Waals surface area (Å²) in [6.07, 6.45) is 5.13. The van der Waals surface area contributed by atoms with E-state index in [2.05, 4.69) is 20.5 Å². The first-order chi connectivity index (χ1) is 9.74. The summed E-state index contributed by atoms with van der Waals surface area (Å²) in [5, 5.41) is 10.7. The van der Waals surface area contributed by atoms with Gasteiger partial charge in [0.25, 0.3) is 5.91 Å². The van der Waals surface area contributed by atoms with E-state index in [4.69, 9.17) is 0 Å². The van der Waals surface area contributed by atoms with Crippen molar-refractivity contribution in [2.45, 2.75) is 6.92 Å². The summed E-state index contributed by atoms with van der Waals surface area (Å²) in [6.45, 7) is 1.94. The second-order valence-electron chi connectivity index (χ2n) is 4.19. The Morgan fingerprint density at radius 2 is 2.30 bits per heavy atom. The highest BCUT2D eigenvalue weighted by Gasteiger charge is 2.14. The van der Waals surface area contributed by atoms with Gasteiger partial charge in [0.1, 0.15) is 5.51 Å². The lowest BCUT2D eigenvalue weighted by atomic mass is 10.1. The van der Waals surface area contributed by atoms with E-state index in [0.717, 1.165) is 11.3 Å². The van der Waals surface area contributed by atoms with Crippen molar-refractivity contribution in [1.29, 1.82) is 0 Å². The molecule has 7 heteroatoms. The van der Waals surface area contributed by atoms with E-state index in [1.165, 1.54) is 11.3 Å². The highest BCUT2D eigenvalue weighted by Crippen LogP contribution is 2.18. The molecule has 0 bridgehead atoms. The number of nitrogens with one attached hydrogen (secondary N) is 1. The maximum atomic E-state index is 12.4. The van der Waals surface area contributed by atoms with Crippen molar-refractivity contribution in [2.75, 3.05) is 5.32 Å². The number of anilines is 1. The Labute approximate surface area is 119 Å². The lowest BCUT2D eigenvalue weighted by molar-refractivity contribution is 0.102. The van der Waals surface area contributed by atoms with Gasteiger partial charge in [0.15, 0.2) is 0 Å². The van der Waals surface area contributed by atoms with Crippen LogP contribution in [-0.4, -0.2) is 25.7 Å². The van der Waals surface area contributed by atoms with Crippen molar-refractivity contribution in [2.24, 2.45) is 0 Å². The lowest BCUT2D eigenvalue weighted by Crippen LogP contribution is -2.15. The first kappa shape index (κ1) is 12.5. The quantitative estimate of drug-likeness (QED) is 0.801. The van der Waals surface area contributed by atoms with Gasteiger partial charge in [-0.25, -0.2) is 4.98 Å². The predicted octanol–water partition coefficient (Wildman–Crippen LogP) is 2.28. The fourth-order valence-electron chi connectivity index (χ4n) is 1.85. The van der Waals surface area contributed by atoms with E-state index in [0.29, 0.717) is 10.7 Å². The van der Waals surface area contributed by atoms with Gasteiger partial charge in [-0.3, -0.25) is 10.1 Å². The molecule has 1 N–H and O–H groups in total. The minimum absolute atomic E-state index is 0.214. The molecule has 20 heavy (non-hydrogen) atoms. The van der Waals surface area contributed by atoms with Gasteiger partial charge in [-0.15, -0.1) is 10.2 Å². The number of carbonyl (C=O) groups excluding carboxylic acids is 1. The molecule has 0 spiro atoms. The molecular weight excluding hydrogens is 274 g/mol. The van der Waals surface area contributed by atoms with Crippen LogP contribution in [0.2, 0.25) is 0 Å². The first-order valence-corrected chi connectivity index (χ1v) is 6.78. The van der Waals surface area contributed by atoms with Crippen LogP contribution in [0.5, 0.6) is 0 Å². The molecule has 100 valence electrons. The van der Waals surface area contributed by atoms with E-state index in [-0.39, 0.29) is 5.91 Å². The van der Waals surface area contributed by atoms with Crippen LogP contribution in [0.1, 0.15) is 15.9 Å². The number of aromatic nitrogens is 4. The van der Waals surface area contributed by atoms with E-state index in [9.17, 15) is 4.79 Å². The molecule has 2 aromatic heterocycles. The normalized spacial score (nSPS) is 10.4. The van der Waals surface area contributed by atoms with Crippen LogP contribution in [-0.2, 0) is 0 Å². The molecule has 0 aliphatic heterocycles. The summed E-state index contributed by atoms with van der Waals surface area (Å²) < 4.78 is 1.80. The molecule has 0 unspecified atom stereocenters. The monoisotopic (exact) mass is 285 g/mol. The number of amides is 1. The molecule has 6 nitrogen and oxygen atoms in total.